The van der Waals surface area contributed by atoms with Gasteiger partial charge in [0, 0.05) is 42.7 Å². The number of hydrogen-bond donors (Lipinski definition) is 2. The number of carbonyl (C=O) groups excluding carboxylic acids is 2. The molecule has 4 rings (SSSR count). The third-order valence-corrected chi connectivity index (χ3v) is 6.87. The summed E-state index contributed by atoms with van der Waals surface area (Å²) in [4.78, 5) is 27.0. The zero-order valence-corrected chi connectivity index (χ0v) is 18.3. The van der Waals surface area contributed by atoms with Crippen molar-refractivity contribution in [2.24, 2.45) is 11.7 Å². The molecule has 2 aliphatic heterocycles. The van der Waals surface area contributed by atoms with E-state index in [1.54, 1.807) is 24.3 Å². The number of rotatable bonds is 7. The van der Waals surface area contributed by atoms with Gasteiger partial charge in [-0.25, -0.2) is 13.2 Å². The highest BCUT2D eigenvalue weighted by Crippen LogP contribution is 2.40. The minimum absolute atomic E-state index is 0.00883. The van der Waals surface area contributed by atoms with Crippen LogP contribution in [-0.2, 0) is 11.2 Å². The van der Waals surface area contributed by atoms with Gasteiger partial charge in [-0.05, 0) is 61.8 Å². The number of hydrogen-bond acceptors (Lipinski definition) is 3. The Bertz CT molecular complexity index is 1000. The number of amides is 2. The lowest BCUT2D eigenvalue weighted by Gasteiger charge is -2.41. The van der Waals surface area contributed by atoms with Gasteiger partial charge in [-0.3, -0.25) is 9.59 Å². The van der Waals surface area contributed by atoms with Gasteiger partial charge >= 0.3 is 0 Å². The molecule has 2 aromatic carbocycles. The van der Waals surface area contributed by atoms with E-state index in [2.05, 4.69) is 5.32 Å². The Morgan fingerprint density at radius 3 is 2.30 bits per heavy atom. The van der Waals surface area contributed by atoms with Crippen LogP contribution in [0.4, 0.5) is 13.2 Å². The van der Waals surface area contributed by atoms with E-state index in [9.17, 15) is 22.8 Å². The summed E-state index contributed by atoms with van der Waals surface area (Å²) in [6, 6.07) is 9.99. The first kappa shape index (κ1) is 23.3. The fourth-order valence-corrected chi connectivity index (χ4v) is 5.22. The molecule has 0 saturated carbocycles. The Labute approximate surface area is 191 Å². The second kappa shape index (κ2) is 9.95. The van der Waals surface area contributed by atoms with Crippen molar-refractivity contribution in [1.82, 2.24) is 10.2 Å². The highest BCUT2D eigenvalue weighted by atomic mass is 19.2. The summed E-state index contributed by atoms with van der Waals surface area (Å²) in [6.07, 6.45) is 3.51. The lowest BCUT2D eigenvalue weighted by atomic mass is 9.82. The molecule has 1 unspecified atom stereocenters. The molecule has 2 heterocycles. The maximum Gasteiger partial charge on any atom is 0.251 e. The van der Waals surface area contributed by atoms with Gasteiger partial charge in [-0.15, -0.1) is 0 Å². The van der Waals surface area contributed by atoms with Gasteiger partial charge in [0.2, 0.25) is 5.91 Å². The molecule has 2 aliphatic rings. The maximum absolute atomic E-state index is 14.0. The molecule has 2 bridgehead atoms. The van der Waals surface area contributed by atoms with Crippen LogP contribution in [0.2, 0.25) is 0 Å². The molecule has 0 radical (unpaired) electrons. The van der Waals surface area contributed by atoms with Crippen LogP contribution in [0.1, 0.15) is 48.0 Å². The van der Waals surface area contributed by atoms with Gasteiger partial charge in [-0.1, -0.05) is 18.2 Å². The fraction of sp³-hybridized carbons (Fsp3) is 0.440. The molecular formula is C25H28F3N3O2. The average Bonchev–Trinajstić information content (AvgIpc) is 3.07. The molecule has 3 N–H and O–H groups in total. The minimum atomic E-state index is -1.21. The van der Waals surface area contributed by atoms with Gasteiger partial charge in [0.15, 0.2) is 11.6 Å². The summed E-state index contributed by atoms with van der Waals surface area (Å²) >= 11 is 0. The van der Waals surface area contributed by atoms with Crippen LogP contribution in [0, 0.1) is 23.4 Å². The largest absolute Gasteiger partial charge is 0.352 e. The highest BCUT2D eigenvalue weighted by molar-refractivity contribution is 5.94. The Balaban J connectivity index is 1.30. The van der Waals surface area contributed by atoms with E-state index in [-0.39, 0.29) is 54.8 Å². The van der Waals surface area contributed by atoms with Crippen molar-refractivity contribution in [2.45, 2.75) is 56.7 Å². The van der Waals surface area contributed by atoms with Gasteiger partial charge in [-0.2, -0.15) is 0 Å². The second-order valence-electron chi connectivity index (χ2n) is 9.02. The lowest BCUT2D eigenvalue weighted by Crippen LogP contribution is -2.50. The predicted molar refractivity (Wildman–Crippen MR) is 118 cm³/mol. The van der Waals surface area contributed by atoms with Crippen molar-refractivity contribution in [3.8, 4) is 0 Å². The molecule has 33 heavy (non-hydrogen) atoms. The van der Waals surface area contributed by atoms with E-state index in [1.165, 1.54) is 0 Å². The zero-order chi connectivity index (χ0) is 23.5. The predicted octanol–water partition coefficient (Wildman–Crippen LogP) is 3.56. The molecular weight excluding hydrogens is 431 g/mol. The second-order valence-corrected chi connectivity index (χ2v) is 9.02. The van der Waals surface area contributed by atoms with Crippen molar-refractivity contribution in [3.63, 3.8) is 0 Å². The molecule has 0 aliphatic carbocycles. The van der Waals surface area contributed by atoms with Crippen LogP contribution in [0.15, 0.2) is 42.5 Å². The van der Waals surface area contributed by atoms with Crippen LogP contribution < -0.4 is 11.1 Å². The Kier molecular flexibility index (Phi) is 7.02. The molecule has 2 saturated heterocycles. The Hall–Kier alpha value is -2.87. The summed E-state index contributed by atoms with van der Waals surface area (Å²) in [5, 5.41) is 2.79. The van der Waals surface area contributed by atoms with E-state index < -0.39 is 23.5 Å². The monoisotopic (exact) mass is 459 g/mol. The quantitative estimate of drug-likeness (QED) is 0.622. The van der Waals surface area contributed by atoms with E-state index in [4.69, 9.17) is 5.73 Å². The number of nitrogens with two attached hydrogens (primary N) is 1. The fourth-order valence-electron chi connectivity index (χ4n) is 5.22. The first-order valence-electron chi connectivity index (χ1n) is 11.4. The van der Waals surface area contributed by atoms with Gasteiger partial charge in [0.1, 0.15) is 5.82 Å². The van der Waals surface area contributed by atoms with Crippen LogP contribution in [0.25, 0.3) is 0 Å². The SMILES string of the molecule is N[C@H](Cc1cc(F)c(F)cc1F)C1C[C@H]2CC[C@@H](C1)N2C(=O)CCNC(=O)c1ccccc1. The first-order valence-corrected chi connectivity index (χ1v) is 11.4. The third-order valence-electron chi connectivity index (χ3n) is 6.87. The van der Waals surface area contributed by atoms with E-state index in [1.807, 2.05) is 11.0 Å². The topological polar surface area (TPSA) is 75.4 Å². The number of piperidine rings is 1. The smallest absolute Gasteiger partial charge is 0.251 e. The van der Waals surface area contributed by atoms with Gasteiger partial charge in [0.25, 0.3) is 5.91 Å². The van der Waals surface area contributed by atoms with Crippen LogP contribution in [0.3, 0.4) is 0 Å². The normalized spacial score (nSPS) is 22.8. The molecule has 0 spiro atoms. The van der Waals surface area contributed by atoms with Gasteiger partial charge in [0.05, 0.1) is 0 Å². The first-order chi connectivity index (χ1) is 15.8. The van der Waals surface area contributed by atoms with Crippen LogP contribution >= 0.6 is 0 Å². The van der Waals surface area contributed by atoms with Crippen LogP contribution in [-0.4, -0.2) is 41.4 Å². The summed E-state index contributed by atoms with van der Waals surface area (Å²) < 4.78 is 40.7. The molecule has 8 heteroatoms. The van der Waals surface area contributed by atoms with Crippen molar-refractivity contribution in [3.05, 3.63) is 71.0 Å². The summed E-state index contributed by atoms with van der Waals surface area (Å²) in [7, 11) is 0. The molecule has 5 nitrogen and oxygen atoms in total. The number of fused-ring (bicyclic) bond motifs is 2. The van der Waals surface area contributed by atoms with Gasteiger partial charge < -0.3 is 16.0 Å². The number of nitrogens with zero attached hydrogens (tertiary/aromatic N) is 1. The molecule has 2 aromatic rings. The van der Waals surface area contributed by atoms with E-state index in [0.29, 0.717) is 24.5 Å². The van der Waals surface area contributed by atoms with Crippen LogP contribution in [0.5, 0.6) is 0 Å². The summed E-state index contributed by atoms with van der Waals surface area (Å²) in [5.74, 6) is -3.22. The van der Waals surface area contributed by atoms with E-state index >= 15 is 0 Å². The zero-order valence-electron chi connectivity index (χ0n) is 18.3. The number of carbonyl (C=O) groups is 2. The average molecular weight is 460 g/mol. The highest BCUT2D eigenvalue weighted by Gasteiger charge is 2.44. The standard InChI is InChI=1S/C25H28F3N3O2/c26-20-14-22(28)21(27)12-16(20)13-23(29)17-10-18-6-7-19(11-17)31(18)24(32)8-9-30-25(33)15-4-2-1-3-5-15/h1-5,12,14,17-19,23H,6-11,13,29H2,(H,30,33)/t17?,18-,19+,23-/m1/s1. The lowest BCUT2D eigenvalue weighted by molar-refractivity contribution is -0.136. The number of benzene rings is 2. The van der Waals surface area contributed by atoms with Crippen molar-refractivity contribution >= 4 is 11.8 Å². The molecule has 0 aromatic heterocycles. The molecule has 2 amide bonds. The van der Waals surface area contributed by atoms with Crippen molar-refractivity contribution in [2.75, 3.05) is 6.54 Å². The molecule has 176 valence electrons. The summed E-state index contributed by atoms with van der Waals surface area (Å²) in [6.45, 7) is 0.265. The molecule has 4 atom stereocenters. The third kappa shape index (κ3) is 5.21. The Morgan fingerprint density at radius 2 is 1.64 bits per heavy atom. The number of halogens is 3. The van der Waals surface area contributed by atoms with Crippen molar-refractivity contribution in [1.29, 1.82) is 0 Å². The summed E-state index contributed by atoms with van der Waals surface area (Å²) in [5.41, 5.74) is 6.97. The van der Waals surface area contributed by atoms with E-state index in [0.717, 1.165) is 18.9 Å². The van der Waals surface area contributed by atoms with Crippen molar-refractivity contribution < 1.29 is 22.8 Å². The minimum Gasteiger partial charge on any atom is -0.352 e. The molecule has 2 fully saturated rings. The number of nitrogens with one attached hydrogen (secondary N) is 1. The maximum atomic E-state index is 14.0. The Morgan fingerprint density at radius 1 is 1.00 bits per heavy atom.